The van der Waals surface area contributed by atoms with E-state index in [0.29, 0.717) is 6.23 Å². The molecule has 0 aliphatic carbocycles. The Hall–Kier alpha value is -0.0800. The SMILES string of the molecule is CCCCCCCCCCCCCCC[C@H]1NO1. The molecule has 0 unspecified atom stereocenters. The molecule has 1 atom stereocenters. The number of unbranched alkanes of at least 4 members (excludes halogenated alkanes) is 12. The summed E-state index contributed by atoms with van der Waals surface area (Å²) in [4.78, 5) is 4.97. The molecule has 0 aromatic carbocycles. The zero-order valence-corrected chi connectivity index (χ0v) is 12.4. The van der Waals surface area contributed by atoms with Gasteiger partial charge in [-0.1, -0.05) is 84.0 Å². The number of nitrogens with one attached hydrogen (secondary N) is 1. The normalized spacial score (nSPS) is 18.2. The second-order valence-corrected chi connectivity index (χ2v) is 5.76. The minimum Gasteiger partial charge on any atom is -0.278 e. The number of hydrogen-bond donors (Lipinski definition) is 1. The molecule has 1 heterocycles. The van der Waals surface area contributed by atoms with Crippen LogP contribution >= 0.6 is 0 Å². The maximum atomic E-state index is 4.97. The summed E-state index contributed by atoms with van der Waals surface area (Å²) in [6, 6.07) is 0. The molecule has 0 amide bonds. The molecule has 108 valence electrons. The van der Waals surface area contributed by atoms with Gasteiger partial charge < -0.3 is 0 Å². The number of rotatable bonds is 14. The minimum absolute atomic E-state index is 0.401. The zero-order valence-electron chi connectivity index (χ0n) is 12.4. The van der Waals surface area contributed by atoms with Crippen molar-refractivity contribution in [1.29, 1.82) is 0 Å². The van der Waals surface area contributed by atoms with Crippen molar-refractivity contribution in [2.75, 3.05) is 0 Å². The van der Waals surface area contributed by atoms with Gasteiger partial charge in [-0.3, -0.25) is 4.84 Å². The molecule has 2 nitrogen and oxygen atoms in total. The van der Waals surface area contributed by atoms with Crippen molar-refractivity contribution in [3.8, 4) is 0 Å². The van der Waals surface area contributed by atoms with Gasteiger partial charge in [0, 0.05) is 0 Å². The highest BCUT2D eigenvalue weighted by Crippen LogP contribution is 2.15. The second kappa shape index (κ2) is 12.0. The van der Waals surface area contributed by atoms with Gasteiger partial charge in [-0.2, -0.15) is 5.48 Å². The van der Waals surface area contributed by atoms with Crippen molar-refractivity contribution in [1.82, 2.24) is 5.48 Å². The molecule has 1 saturated heterocycles. The summed E-state index contributed by atoms with van der Waals surface area (Å²) < 4.78 is 0. The third-order valence-electron chi connectivity index (χ3n) is 3.85. The minimum atomic E-state index is 0.401. The van der Waals surface area contributed by atoms with E-state index in [-0.39, 0.29) is 0 Å². The summed E-state index contributed by atoms with van der Waals surface area (Å²) in [7, 11) is 0. The van der Waals surface area contributed by atoms with E-state index < -0.39 is 0 Å². The molecule has 0 bridgehead atoms. The van der Waals surface area contributed by atoms with E-state index in [4.69, 9.17) is 4.84 Å². The fourth-order valence-electron chi connectivity index (χ4n) is 2.51. The van der Waals surface area contributed by atoms with Crippen LogP contribution in [0.15, 0.2) is 0 Å². The Bertz CT molecular complexity index is 168. The van der Waals surface area contributed by atoms with Crippen LogP contribution < -0.4 is 5.48 Å². The molecule has 1 fully saturated rings. The molecular formula is C16H33NO. The maximum Gasteiger partial charge on any atom is 0.151 e. The first-order valence-electron chi connectivity index (χ1n) is 8.34. The van der Waals surface area contributed by atoms with Gasteiger partial charge in [-0.25, -0.2) is 0 Å². The molecule has 1 N–H and O–H groups in total. The van der Waals surface area contributed by atoms with Crippen LogP contribution in [0.2, 0.25) is 0 Å². The number of hydroxylamine groups is 1. The van der Waals surface area contributed by atoms with Crippen LogP contribution in [0, 0.1) is 0 Å². The molecular weight excluding hydrogens is 222 g/mol. The third kappa shape index (κ3) is 11.0. The number of hydrogen-bond acceptors (Lipinski definition) is 2. The van der Waals surface area contributed by atoms with Crippen LogP contribution in [0.3, 0.4) is 0 Å². The van der Waals surface area contributed by atoms with Gasteiger partial charge in [0.2, 0.25) is 0 Å². The second-order valence-electron chi connectivity index (χ2n) is 5.76. The highest BCUT2D eigenvalue weighted by Gasteiger charge is 2.20. The molecule has 18 heavy (non-hydrogen) atoms. The lowest BCUT2D eigenvalue weighted by molar-refractivity contribution is 0.357. The van der Waals surface area contributed by atoms with Gasteiger partial charge in [0.05, 0.1) is 0 Å². The van der Waals surface area contributed by atoms with Gasteiger partial charge in [0.1, 0.15) is 0 Å². The Morgan fingerprint density at radius 3 is 1.44 bits per heavy atom. The maximum absolute atomic E-state index is 4.97. The van der Waals surface area contributed by atoms with Crippen molar-refractivity contribution in [2.24, 2.45) is 0 Å². The van der Waals surface area contributed by atoms with E-state index in [0.717, 1.165) is 0 Å². The molecule has 1 aliphatic heterocycles. The average Bonchev–Trinajstić information content (AvgIpc) is 3.19. The van der Waals surface area contributed by atoms with Gasteiger partial charge in [0.15, 0.2) is 6.23 Å². The Kier molecular flexibility index (Phi) is 10.6. The lowest BCUT2D eigenvalue weighted by Gasteiger charge is -2.02. The van der Waals surface area contributed by atoms with Gasteiger partial charge >= 0.3 is 0 Å². The van der Waals surface area contributed by atoms with Crippen molar-refractivity contribution in [2.45, 2.75) is 103 Å². The monoisotopic (exact) mass is 255 g/mol. The first-order chi connectivity index (χ1) is 8.93. The highest BCUT2D eigenvalue weighted by atomic mass is 16.8. The van der Waals surface area contributed by atoms with Crippen molar-refractivity contribution in [3.05, 3.63) is 0 Å². The average molecular weight is 255 g/mol. The molecule has 0 radical (unpaired) electrons. The highest BCUT2D eigenvalue weighted by molar-refractivity contribution is 4.58. The molecule has 1 aliphatic rings. The quantitative estimate of drug-likeness (QED) is 0.336. The van der Waals surface area contributed by atoms with Gasteiger partial charge in [-0.15, -0.1) is 0 Å². The molecule has 0 saturated carbocycles. The lowest BCUT2D eigenvalue weighted by Crippen LogP contribution is -1.89. The first-order valence-corrected chi connectivity index (χ1v) is 8.34. The summed E-state index contributed by atoms with van der Waals surface area (Å²) in [5.74, 6) is 0. The standard InChI is InChI=1S/C16H33NO/c1-2-3-4-5-6-7-8-9-10-11-12-13-14-15-16-17-18-16/h16-17H,2-15H2,1H3/t16-/m0/s1. The predicted octanol–water partition coefficient (Wildman–Crippen LogP) is 5.33. The summed E-state index contributed by atoms with van der Waals surface area (Å²) in [5.41, 5.74) is 2.88. The van der Waals surface area contributed by atoms with E-state index in [9.17, 15) is 0 Å². The van der Waals surface area contributed by atoms with Crippen molar-refractivity contribution >= 4 is 0 Å². The van der Waals surface area contributed by atoms with E-state index >= 15 is 0 Å². The van der Waals surface area contributed by atoms with Crippen LogP contribution in [0.1, 0.15) is 96.8 Å². The largest absolute Gasteiger partial charge is 0.278 e. The summed E-state index contributed by atoms with van der Waals surface area (Å²) in [6.45, 7) is 2.29. The molecule has 0 aromatic rings. The van der Waals surface area contributed by atoms with Crippen LogP contribution in [0.5, 0.6) is 0 Å². The zero-order chi connectivity index (χ0) is 12.9. The Balaban J connectivity index is 1.60. The molecule has 0 aromatic heterocycles. The molecule has 0 spiro atoms. The van der Waals surface area contributed by atoms with Gasteiger partial charge in [0.25, 0.3) is 0 Å². The van der Waals surface area contributed by atoms with Crippen LogP contribution in [-0.4, -0.2) is 6.23 Å². The Morgan fingerprint density at radius 1 is 0.667 bits per heavy atom. The smallest absolute Gasteiger partial charge is 0.151 e. The van der Waals surface area contributed by atoms with E-state index in [1.165, 1.54) is 89.9 Å². The fourth-order valence-corrected chi connectivity index (χ4v) is 2.51. The van der Waals surface area contributed by atoms with Crippen molar-refractivity contribution < 1.29 is 4.84 Å². The predicted molar refractivity (Wildman–Crippen MR) is 78.3 cm³/mol. The van der Waals surface area contributed by atoms with E-state index in [2.05, 4.69) is 12.4 Å². The Labute approximate surface area is 114 Å². The Morgan fingerprint density at radius 2 is 1.06 bits per heavy atom. The van der Waals surface area contributed by atoms with Gasteiger partial charge in [-0.05, 0) is 12.8 Å². The van der Waals surface area contributed by atoms with Crippen molar-refractivity contribution in [3.63, 3.8) is 0 Å². The van der Waals surface area contributed by atoms with E-state index in [1.807, 2.05) is 0 Å². The fraction of sp³-hybridized carbons (Fsp3) is 1.00. The third-order valence-corrected chi connectivity index (χ3v) is 3.85. The molecule has 1 rings (SSSR count). The summed E-state index contributed by atoms with van der Waals surface area (Å²) in [5, 5.41) is 0. The van der Waals surface area contributed by atoms with Crippen LogP contribution in [-0.2, 0) is 4.84 Å². The first kappa shape index (κ1) is 16.0. The summed E-state index contributed by atoms with van der Waals surface area (Å²) >= 11 is 0. The van der Waals surface area contributed by atoms with Crippen LogP contribution in [0.4, 0.5) is 0 Å². The molecule has 2 heteroatoms. The van der Waals surface area contributed by atoms with E-state index in [1.54, 1.807) is 0 Å². The lowest BCUT2D eigenvalue weighted by atomic mass is 10.0. The van der Waals surface area contributed by atoms with Crippen LogP contribution in [0.25, 0.3) is 0 Å². The topological polar surface area (TPSA) is 34.5 Å². The summed E-state index contributed by atoms with van der Waals surface area (Å²) in [6.07, 6.45) is 20.2.